The zero-order valence-corrected chi connectivity index (χ0v) is 20.9. The van der Waals surface area contributed by atoms with Crippen LogP contribution in [0.4, 0.5) is 11.6 Å². The molecule has 0 amide bonds. The first-order chi connectivity index (χ1) is 16.2. The van der Waals surface area contributed by atoms with Gasteiger partial charge in [0.25, 0.3) is 0 Å². The molecule has 3 heterocycles. The second-order valence-electron chi connectivity index (χ2n) is 10.6. The van der Waals surface area contributed by atoms with Crippen molar-refractivity contribution < 1.29 is 4.74 Å². The van der Waals surface area contributed by atoms with Gasteiger partial charge in [0.05, 0.1) is 6.54 Å². The lowest BCUT2D eigenvalue weighted by molar-refractivity contribution is 0.311. The van der Waals surface area contributed by atoms with Crippen LogP contribution in [0.3, 0.4) is 0 Å². The predicted molar refractivity (Wildman–Crippen MR) is 139 cm³/mol. The van der Waals surface area contributed by atoms with E-state index in [0.717, 1.165) is 50.0 Å². The predicted octanol–water partition coefficient (Wildman–Crippen LogP) is 4.78. The average Bonchev–Trinajstić information content (AvgIpc) is 3.39. The Labute approximate surface area is 202 Å². The summed E-state index contributed by atoms with van der Waals surface area (Å²) in [6, 6.07) is 8.55. The number of nitrogens with zero attached hydrogens (tertiary/aromatic N) is 5. The van der Waals surface area contributed by atoms with Crippen LogP contribution in [0.2, 0.25) is 0 Å². The Morgan fingerprint density at radius 3 is 2.53 bits per heavy atom. The van der Waals surface area contributed by atoms with Crippen LogP contribution in [-0.2, 0) is 6.42 Å². The Bertz CT molecular complexity index is 1180. The SMILES string of the molecule is CC1=Cc2cc(Oc3nc(NC4=NCC(C(C)(C)C)=C4)cc(N4CCN(C)CC4)n3)ccc2C1. The molecule has 0 atom stereocenters. The molecule has 2 aromatic rings. The maximum atomic E-state index is 6.19. The summed E-state index contributed by atoms with van der Waals surface area (Å²) in [5, 5.41) is 3.40. The van der Waals surface area contributed by atoms with E-state index in [1.165, 1.54) is 22.3 Å². The number of anilines is 2. The van der Waals surface area contributed by atoms with Gasteiger partial charge in [0, 0.05) is 32.2 Å². The van der Waals surface area contributed by atoms with Gasteiger partial charge in [0.1, 0.15) is 23.2 Å². The van der Waals surface area contributed by atoms with Gasteiger partial charge in [0.2, 0.25) is 0 Å². The molecule has 1 aromatic carbocycles. The number of hydrogen-bond donors (Lipinski definition) is 1. The molecular weight excluding hydrogens is 424 g/mol. The van der Waals surface area contributed by atoms with Crippen LogP contribution in [0.5, 0.6) is 11.8 Å². The minimum absolute atomic E-state index is 0.0955. The monoisotopic (exact) mass is 458 g/mol. The highest BCUT2D eigenvalue weighted by molar-refractivity contribution is 6.05. The quantitative estimate of drug-likeness (QED) is 0.712. The van der Waals surface area contributed by atoms with Gasteiger partial charge in [-0.1, -0.05) is 38.5 Å². The van der Waals surface area contributed by atoms with Crippen molar-refractivity contribution in [1.82, 2.24) is 14.9 Å². The number of amidine groups is 1. The van der Waals surface area contributed by atoms with Gasteiger partial charge in [-0.25, -0.2) is 0 Å². The van der Waals surface area contributed by atoms with E-state index in [2.05, 4.69) is 79.1 Å². The molecule has 1 fully saturated rings. The van der Waals surface area contributed by atoms with Crippen molar-refractivity contribution in [2.75, 3.05) is 50.0 Å². The highest BCUT2D eigenvalue weighted by atomic mass is 16.5. The number of aromatic nitrogens is 2. The lowest BCUT2D eigenvalue weighted by Gasteiger charge is -2.33. The van der Waals surface area contributed by atoms with Crippen molar-refractivity contribution in [3.63, 3.8) is 0 Å². The second-order valence-corrected chi connectivity index (χ2v) is 10.6. The van der Waals surface area contributed by atoms with E-state index >= 15 is 0 Å². The third kappa shape index (κ3) is 4.99. The fraction of sp³-hybridized carbons (Fsp3) is 0.444. The number of hydrogen-bond acceptors (Lipinski definition) is 7. The van der Waals surface area contributed by atoms with Crippen LogP contribution in [-0.4, -0.2) is 60.5 Å². The molecule has 1 aliphatic carbocycles. The van der Waals surface area contributed by atoms with Crippen LogP contribution < -0.4 is 15.0 Å². The molecule has 7 heteroatoms. The Morgan fingerprint density at radius 1 is 1.00 bits per heavy atom. The molecule has 0 radical (unpaired) electrons. The maximum Gasteiger partial charge on any atom is 0.325 e. The Balaban J connectivity index is 1.42. The Kier molecular flexibility index (Phi) is 5.90. The van der Waals surface area contributed by atoms with Crippen molar-refractivity contribution >= 4 is 23.5 Å². The van der Waals surface area contributed by atoms with E-state index in [-0.39, 0.29) is 5.41 Å². The number of aliphatic imine (C=N–C) groups is 1. The Hall–Kier alpha value is -3.19. The molecule has 0 spiro atoms. The molecule has 1 saturated heterocycles. The molecule has 7 nitrogen and oxygen atoms in total. The first kappa shape index (κ1) is 22.6. The first-order valence-corrected chi connectivity index (χ1v) is 12.1. The molecule has 0 unspecified atom stereocenters. The summed E-state index contributed by atoms with van der Waals surface area (Å²) in [5.74, 6) is 3.15. The second kappa shape index (κ2) is 8.87. The summed E-state index contributed by atoms with van der Waals surface area (Å²) >= 11 is 0. The zero-order chi connectivity index (χ0) is 23.9. The van der Waals surface area contributed by atoms with Crippen LogP contribution in [0, 0.1) is 5.41 Å². The third-order valence-corrected chi connectivity index (χ3v) is 6.67. The highest BCUT2D eigenvalue weighted by Gasteiger charge is 2.22. The van der Waals surface area contributed by atoms with Crippen molar-refractivity contribution in [3.05, 3.63) is 52.6 Å². The van der Waals surface area contributed by atoms with Crippen LogP contribution >= 0.6 is 0 Å². The number of ether oxygens (including phenoxy) is 1. The van der Waals surface area contributed by atoms with Crippen molar-refractivity contribution in [1.29, 1.82) is 0 Å². The molecule has 5 rings (SSSR count). The van der Waals surface area contributed by atoms with E-state index in [4.69, 9.17) is 14.7 Å². The summed E-state index contributed by atoms with van der Waals surface area (Å²) in [4.78, 5) is 18.8. The summed E-state index contributed by atoms with van der Waals surface area (Å²) in [7, 11) is 2.15. The summed E-state index contributed by atoms with van der Waals surface area (Å²) in [6.45, 7) is 13.4. The molecule has 1 N–H and O–H groups in total. The molecule has 0 bridgehead atoms. The fourth-order valence-corrected chi connectivity index (χ4v) is 4.46. The molecule has 178 valence electrons. The van der Waals surface area contributed by atoms with Gasteiger partial charge in [-0.3, -0.25) is 4.99 Å². The lowest BCUT2D eigenvalue weighted by atomic mass is 9.87. The zero-order valence-electron chi connectivity index (χ0n) is 20.9. The third-order valence-electron chi connectivity index (χ3n) is 6.67. The van der Waals surface area contributed by atoms with Gasteiger partial charge < -0.3 is 19.9 Å². The van der Waals surface area contributed by atoms with Crippen molar-refractivity contribution in [3.8, 4) is 11.8 Å². The molecule has 2 aliphatic heterocycles. The molecule has 0 saturated carbocycles. The molecular formula is C27H34N6O. The highest BCUT2D eigenvalue weighted by Crippen LogP contribution is 2.31. The van der Waals surface area contributed by atoms with E-state index in [1.807, 2.05) is 12.1 Å². The van der Waals surface area contributed by atoms with E-state index in [1.54, 1.807) is 0 Å². The smallest absolute Gasteiger partial charge is 0.325 e. The van der Waals surface area contributed by atoms with Gasteiger partial charge >= 0.3 is 6.01 Å². The number of allylic oxidation sites excluding steroid dienone is 1. The van der Waals surface area contributed by atoms with Gasteiger partial charge in [-0.2, -0.15) is 9.97 Å². The summed E-state index contributed by atoms with van der Waals surface area (Å²) in [6.07, 6.45) is 5.35. The van der Waals surface area contributed by atoms with Gasteiger partial charge in [-0.05, 0) is 60.7 Å². The van der Waals surface area contributed by atoms with E-state index in [0.29, 0.717) is 18.4 Å². The average molecular weight is 459 g/mol. The van der Waals surface area contributed by atoms with Crippen LogP contribution in [0.15, 0.2) is 46.5 Å². The molecule has 34 heavy (non-hydrogen) atoms. The number of piperazine rings is 1. The molecule has 3 aliphatic rings. The summed E-state index contributed by atoms with van der Waals surface area (Å²) in [5.41, 5.74) is 5.31. The number of nitrogens with one attached hydrogen (secondary N) is 1. The number of fused-ring (bicyclic) bond motifs is 1. The minimum atomic E-state index is 0.0955. The van der Waals surface area contributed by atoms with E-state index < -0.39 is 0 Å². The standard InChI is InChI=1S/C27H34N6O/c1-18-12-19-6-7-22(14-20(19)13-18)34-26-30-24(29-23-15-21(17-28-23)27(2,3)4)16-25(31-26)33-10-8-32(5)9-11-33/h6-7,13-16H,8-12,17H2,1-5H3,(H,28,29,30,31). The van der Waals surface area contributed by atoms with Crippen molar-refractivity contribution in [2.45, 2.75) is 34.1 Å². The minimum Gasteiger partial charge on any atom is -0.424 e. The first-order valence-electron chi connectivity index (χ1n) is 12.1. The summed E-state index contributed by atoms with van der Waals surface area (Å²) < 4.78 is 6.19. The number of rotatable bonds is 4. The van der Waals surface area contributed by atoms with Crippen LogP contribution in [0.1, 0.15) is 38.8 Å². The van der Waals surface area contributed by atoms with E-state index in [9.17, 15) is 0 Å². The normalized spacial score (nSPS) is 18.4. The van der Waals surface area contributed by atoms with Gasteiger partial charge in [-0.15, -0.1) is 0 Å². The van der Waals surface area contributed by atoms with Gasteiger partial charge in [0.15, 0.2) is 0 Å². The largest absolute Gasteiger partial charge is 0.424 e. The fourth-order valence-electron chi connectivity index (χ4n) is 4.46. The number of likely N-dealkylation sites (N-methyl/N-ethyl adjacent to an activating group) is 1. The van der Waals surface area contributed by atoms with Crippen LogP contribution in [0.25, 0.3) is 6.08 Å². The molecule has 1 aromatic heterocycles. The lowest BCUT2D eigenvalue weighted by Crippen LogP contribution is -2.44. The topological polar surface area (TPSA) is 65.9 Å². The maximum absolute atomic E-state index is 6.19. The van der Waals surface area contributed by atoms with Crippen molar-refractivity contribution in [2.24, 2.45) is 10.4 Å². The Morgan fingerprint density at radius 2 is 1.79 bits per heavy atom. The number of benzene rings is 1.